The molecular weight excluding hydrogens is 263 g/mol. The topological polar surface area (TPSA) is 9.23 Å². The first-order chi connectivity index (χ1) is 10.1. The Morgan fingerprint density at radius 3 is 2.95 bits per heavy atom. The zero-order chi connectivity index (χ0) is 14.6. The van der Waals surface area contributed by atoms with Gasteiger partial charge in [-0.15, -0.1) is 0 Å². The van der Waals surface area contributed by atoms with Gasteiger partial charge in [0.05, 0.1) is 7.11 Å². The van der Waals surface area contributed by atoms with Gasteiger partial charge in [-0.1, -0.05) is 6.92 Å². The Morgan fingerprint density at radius 1 is 1.29 bits per heavy atom. The second-order valence-electron chi connectivity index (χ2n) is 7.49. The molecule has 1 nitrogen and oxygen atoms in total. The molecule has 0 amide bonds. The van der Waals surface area contributed by atoms with Crippen LogP contribution in [0.5, 0.6) is 5.75 Å². The van der Waals surface area contributed by atoms with Crippen molar-refractivity contribution in [1.82, 2.24) is 0 Å². The van der Waals surface area contributed by atoms with E-state index >= 15 is 0 Å². The van der Waals surface area contributed by atoms with Gasteiger partial charge in [-0.05, 0) is 79.5 Å². The molecular formula is C19H24FO. The highest BCUT2D eigenvalue weighted by Crippen LogP contribution is 2.61. The van der Waals surface area contributed by atoms with E-state index in [1.165, 1.54) is 17.5 Å². The molecule has 3 aliphatic rings. The number of aryl methyl sites for hydroxylation is 1. The maximum atomic E-state index is 14.4. The van der Waals surface area contributed by atoms with E-state index in [-0.39, 0.29) is 5.41 Å². The van der Waals surface area contributed by atoms with Crippen LogP contribution in [0.15, 0.2) is 12.1 Å². The normalized spacial score (nSPS) is 41.1. The van der Waals surface area contributed by atoms with E-state index in [0.717, 1.165) is 37.9 Å². The third-order valence-electron chi connectivity index (χ3n) is 6.73. The molecule has 1 aromatic rings. The molecule has 3 aliphatic carbocycles. The molecule has 0 bridgehead atoms. The lowest BCUT2D eigenvalue weighted by atomic mass is 9.55. The molecule has 4 rings (SSSR count). The molecule has 2 heteroatoms. The molecule has 0 spiro atoms. The zero-order valence-electron chi connectivity index (χ0n) is 13.0. The highest BCUT2D eigenvalue weighted by molar-refractivity contribution is 5.40. The summed E-state index contributed by atoms with van der Waals surface area (Å²) in [5.74, 6) is 2.71. The summed E-state index contributed by atoms with van der Waals surface area (Å²) in [5.41, 5.74) is 2.85. The van der Waals surface area contributed by atoms with Crippen LogP contribution in [-0.2, 0) is 6.42 Å². The molecule has 0 aromatic heterocycles. The summed E-state index contributed by atoms with van der Waals surface area (Å²) in [5, 5.41) is 0. The van der Waals surface area contributed by atoms with Gasteiger partial charge in [-0.2, -0.15) is 0 Å². The minimum Gasteiger partial charge on any atom is -0.496 e. The summed E-state index contributed by atoms with van der Waals surface area (Å²) >= 11 is 0. The fraction of sp³-hybridized carbons (Fsp3) is 0.684. The SMILES string of the molecule is COc1[c]cc2c(c1)[C@H]1CC[C@]3(C)[C@H](F)CC[C@H]3[C@@H]1CC2. The van der Waals surface area contributed by atoms with E-state index in [9.17, 15) is 4.39 Å². The van der Waals surface area contributed by atoms with Crippen LogP contribution < -0.4 is 4.74 Å². The van der Waals surface area contributed by atoms with Crippen molar-refractivity contribution in [3.63, 3.8) is 0 Å². The van der Waals surface area contributed by atoms with Gasteiger partial charge in [-0.25, -0.2) is 4.39 Å². The van der Waals surface area contributed by atoms with E-state index in [1.54, 1.807) is 7.11 Å². The summed E-state index contributed by atoms with van der Waals surface area (Å²) in [7, 11) is 1.71. The molecule has 5 atom stereocenters. The van der Waals surface area contributed by atoms with E-state index in [4.69, 9.17) is 4.74 Å². The van der Waals surface area contributed by atoms with Crippen LogP contribution in [0.4, 0.5) is 4.39 Å². The maximum absolute atomic E-state index is 14.4. The number of methoxy groups -OCH3 is 1. The fourth-order valence-electron chi connectivity index (χ4n) is 5.53. The number of alkyl halides is 1. The Balaban J connectivity index is 1.71. The number of benzene rings is 1. The van der Waals surface area contributed by atoms with E-state index in [2.05, 4.69) is 25.1 Å². The highest BCUT2D eigenvalue weighted by Gasteiger charge is 2.55. The van der Waals surface area contributed by atoms with Crippen LogP contribution in [0.25, 0.3) is 0 Å². The number of fused-ring (bicyclic) bond motifs is 5. The molecule has 2 fully saturated rings. The number of hydrogen-bond donors (Lipinski definition) is 0. The summed E-state index contributed by atoms with van der Waals surface area (Å²) in [6.07, 6.45) is 5.82. The molecule has 21 heavy (non-hydrogen) atoms. The maximum Gasteiger partial charge on any atom is 0.127 e. The van der Waals surface area contributed by atoms with Crippen molar-refractivity contribution in [1.29, 1.82) is 0 Å². The molecule has 0 unspecified atom stereocenters. The average Bonchev–Trinajstić information content (AvgIpc) is 2.82. The van der Waals surface area contributed by atoms with E-state index < -0.39 is 6.17 Å². The van der Waals surface area contributed by atoms with Crippen molar-refractivity contribution in [2.45, 2.75) is 57.5 Å². The highest BCUT2D eigenvalue weighted by atomic mass is 19.1. The van der Waals surface area contributed by atoms with Crippen LogP contribution >= 0.6 is 0 Å². The lowest BCUT2D eigenvalue weighted by Gasteiger charge is -2.49. The predicted molar refractivity (Wildman–Crippen MR) is 81.3 cm³/mol. The predicted octanol–water partition coefficient (Wildman–Crippen LogP) is 4.69. The molecule has 0 N–H and O–H groups in total. The zero-order valence-corrected chi connectivity index (χ0v) is 13.0. The molecule has 0 heterocycles. The van der Waals surface area contributed by atoms with Gasteiger partial charge in [0.1, 0.15) is 11.9 Å². The summed E-state index contributed by atoms with van der Waals surface area (Å²) in [4.78, 5) is 0. The Bertz CT molecular complexity index is 554. The Morgan fingerprint density at radius 2 is 2.14 bits per heavy atom. The van der Waals surface area contributed by atoms with Gasteiger partial charge >= 0.3 is 0 Å². The quantitative estimate of drug-likeness (QED) is 0.728. The van der Waals surface area contributed by atoms with Crippen molar-refractivity contribution in [2.24, 2.45) is 17.3 Å². The minimum atomic E-state index is -0.580. The van der Waals surface area contributed by atoms with Crippen LogP contribution in [0.1, 0.15) is 56.1 Å². The van der Waals surface area contributed by atoms with Crippen LogP contribution in [0.2, 0.25) is 0 Å². The largest absolute Gasteiger partial charge is 0.496 e. The Hall–Kier alpha value is -1.05. The van der Waals surface area contributed by atoms with Gasteiger partial charge in [-0.3, -0.25) is 0 Å². The molecule has 113 valence electrons. The van der Waals surface area contributed by atoms with Gasteiger partial charge in [0.15, 0.2) is 0 Å². The lowest BCUT2D eigenvalue weighted by molar-refractivity contribution is 0.0143. The van der Waals surface area contributed by atoms with E-state index in [1.807, 2.05) is 0 Å². The van der Waals surface area contributed by atoms with Crippen molar-refractivity contribution >= 4 is 0 Å². The molecule has 0 aliphatic heterocycles. The monoisotopic (exact) mass is 287 g/mol. The first-order valence-corrected chi connectivity index (χ1v) is 8.36. The second kappa shape index (κ2) is 4.72. The molecule has 1 radical (unpaired) electrons. The average molecular weight is 287 g/mol. The van der Waals surface area contributed by atoms with Crippen molar-refractivity contribution in [3.8, 4) is 5.75 Å². The smallest absolute Gasteiger partial charge is 0.127 e. The third-order valence-corrected chi connectivity index (χ3v) is 6.73. The van der Waals surface area contributed by atoms with Crippen molar-refractivity contribution in [2.75, 3.05) is 7.11 Å². The van der Waals surface area contributed by atoms with Crippen LogP contribution in [0.3, 0.4) is 0 Å². The van der Waals surface area contributed by atoms with Gasteiger partial charge < -0.3 is 4.74 Å². The Labute approximate surface area is 126 Å². The summed E-state index contributed by atoms with van der Waals surface area (Å²) in [6.45, 7) is 2.21. The number of rotatable bonds is 1. The summed E-state index contributed by atoms with van der Waals surface area (Å²) < 4.78 is 19.8. The van der Waals surface area contributed by atoms with Gasteiger partial charge in [0.25, 0.3) is 0 Å². The molecule has 0 saturated heterocycles. The Kier molecular flexibility index (Phi) is 3.06. The van der Waals surface area contributed by atoms with Crippen LogP contribution in [0, 0.1) is 23.3 Å². The fourth-order valence-corrected chi connectivity index (χ4v) is 5.53. The number of ether oxygens (including phenoxy) is 1. The van der Waals surface area contributed by atoms with Gasteiger partial charge in [0, 0.05) is 11.5 Å². The minimum absolute atomic E-state index is 0.0519. The standard InChI is InChI=1S/C19H24FO/c1-19-10-9-14-15(17(19)7-8-18(19)20)6-4-12-3-5-13(21-2)11-16(12)14/h3,11,14-15,17-18H,4,6-10H2,1-2H3/t14-,15+,17-,18+,19-/m0/s1. The lowest BCUT2D eigenvalue weighted by Crippen LogP contribution is -2.42. The van der Waals surface area contributed by atoms with Gasteiger partial charge in [0.2, 0.25) is 0 Å². The molecule has 1 aromatic carbocycles. The third kappa shape index (κ3) is 1.87. The van der Waals surface area contributed by atoms with E-state index in [0.29, 0.717) is 17.8 Å². The van der Waals surface area contributed by atoms with Crippen molar-refractivity contribution in [3.05, 3.63) is 29.3 Å². The first kappa shape index (κ1) is 13.6. The number of hydrogen-bond acceptors (Lipinski definition) is 1. The number of halogens is 1. The first-order valence-electron chi connectivity index (χ1n) is 8.36. The van der Waals surface area contributed by atoms with Crippen LogP contribution in [-0.4, -0.2) is 13.3 Å². The summed E-state index contributed by atoms with van der Waals surface area (Å²) in [6, 6.07) is 7.53. The van der Waals surface area contributed by atoms with Crippen molar-refractivity contribution < 1.29 is 9.13 Å². The second-order valence-corrected chi connectivity index (χ2v) is 7.49. The molecule has 2 saturated carbocycles.